The van der Waals surface area contributed by atoms with Crippen LogP contribution >= 0.6 is 15.9 Å². The molecule has 0 aromatic heterocycles. The van der Waals surface area contributed by atoms with Crippen molar-refractivity contribution in [2.45, 2.75) is 155 Å². The van der Waals surface area contributed by atoms with E-state index in [2.05, 4.69) is 36.8 Å². The zero-order chi connectivity index (χ0) is 35.2. The predicted molar refractivity (Wildman–Crippen MR) is 191 cm³/mol. The first kappa shape index (κ1) is 41.5. The highest BCUT2D eigenvalue weighted by molar-refractivity contribution is 9.09. The summed E-state index contributed by atoms with van der Waals surface area (Å²) >= 11 is 3.11. The van der Waals surface area contributed by atoms with Gasteiger partial charge in [0.2, 0.25) is 11.8 Å². The Kier molecular flexibility index (Phi) is 17.7. The average Bonchev–Trinajstić information content (AvgIpc) is 2.98. The Balaban J connectivity index is 0.000000280. The molecule has 2 amide bonds. The van der Waals surface area contributed by atoms with Crippen LogP contribution in [-0.4, -0.2) is 87.0 Å². The van der Waals surface area contributed by atoms with Gasteiger partial charge in [-0.2, -0.15) is 0 Å². The fourth-order valence-corrected chi connectivity index (χ4v) is 7.80. The van der Waals surface area contributed by atoms with Gasteiger partial charge in [-0.05, 0) is 117 Å². The van der Waals surface area contributed by atoms with Crippen LogP contribution in [0.1, 0.15) is 131 Å². The van der Waals surface area contributed by atoms with Crippen LogP contribution in [0.3, 0.4) is 0 Å². The van der Waals surface area contributed by atoms with E-state index in [1.165, 1.54) is 51.4 Å². The van der Waals surface area contributed by atoms with Crippen LogP contribution < -0.4 is 16.0 Å². The number of carbonyl (C=O) groups is 4. The molecule has 0 bridgehead atoms. The zero-order valence-electron chi connectivity index (χ0n) is 30.0. The normalized spacial score (nSPS) is 27.7. The van der Waals surface area contributed by atoms with Crippen molar-refractivity contribution < 1.29 is 29.4 Å². The lowest BCUT2D eigenvalue weighted by Crippen LogP contribution is -2.57. The topological polar surface area (TPSA) is 148 Å². The molecule has 10 nitrogen and oxygen atoms in total. The molecule has 4 aliphatic rings. The van der Waals surface area contributed by atoms with Gasteiger partial charge < -0.3 is 26.2 Å². The Labute approximate surface area is 292 Å². The second kappa shape index (κ2) is 20.1. The summed E-state index contributed by atoms with van der Waals surface area (Å²) in [4.78, 5) is 47.6. The number of nitrogens with one attached hydrogen (secondary N) is 3. The second-order valence-corrected chi connectivity index (χ2v) is 17.0. The van der Waals surface area contributed by atoms with E-state index in [0.29, 0.717) is 24.8 Å². The number of amides is 2. The fourth-order valence-electron chi connectivity index (χ4n) is 7.52. The lowest BCUT2D eigenvalue weighted by atomic mass is 9.72. The lowest BCUT2D eigenvalue weighted by molar-refractivity contribution is -0.138. The minimum absolute atomic E-state index is 0.0357. The number of nitrogens with zero attached hydrogens (tertiary/aromatic N) is 1. The molecule has 4 fully saturated rings. The molecule has 0 aromatic rings. The number of likely N-dealkylation sites (tertiary alicyclic amines) is 1. The number of carbonyl (C=O) groups excluding carboxylic acids is 2. The van der Waals surface area contributed by atoms with Crippen LogP contribution in [0.25, 0.3) is 0 Å². The summed E-state index contributed by atoms with van der Waals surface area (Å²) in [6.45, 7) is 14.8. The van der Waals surface area contributed by atoms with Gasteiger partial charge in [-0.3, -0.25) is 24.1 Å². The molecule has 0 radical (unpaired) electrons. The third-order valence-corrected chi connectivity index (χ3v) is 10.3. The molecule has 0 spiro atoms. The molecular formula is C36H65BrN4O6. The largest absolute Gasteiger partial charge is 0.481 e. The minimum Gasteiger partial charge on any atom is -0.481 e. The number of aliphatic carboxylic acids is 2. The molecule has 2 saturated carbocycles. The maximum absolute atomic E-state index is 12.7. The summed E-state index contributed by atoms with van der Waals surface area (Å²) in [5.74, 6) is 1.76. The van der Waals surface area contributed by atoms with Crippen molar-refractivity contribution in [3.63, 3.8) is 0 Å². The van der Waals surface area contributed by atoms with Crippen LogP contribution in [0.4, 0.5) is 0 Å². The Hall–Kier alpha value is -1.72. The van der Waals surface area contributed by atoms with Gasteiger partial charge in [-0.1, -0.05) is 54.5 Å². The Morgan fingerprint density at radius 2 is 1.21 bits per heavy atom. The maximum atomic E-state index is 12.7. The fraction of sp³-hybridized carbons (Fsp3) is 0.889. The van der Waals surface area contributed by atoms with Crippen molar-refractivity contribution in [3.05, 3.63) is 0 Å². The molecule has 6 atom stereocenters. The summed E-state index contributed by atoms with van der Waals surface area (Å²) in [5, 5.41) is 27.3. The number of alkyl halides is 1. The van der Waals surface area contributed by atoms with Crippen LogP contribution in [-0.2, 0) is 19.2 Å². The molecule has 0 aromatic carbocycles. The molecule has 5 N–H and O–H groups in total. The molecule has 2 saturated heterocycles. The Morgan fingerprint density at radius 1 is 0.723 bits per heavy atom. The number of halogens is 1. The van der Waals surface area contributed by atoms with Crippen molar-refractivity contribution in [2.75, 3.05) is 25.0 Å². The van der Waals surface area contributed by atoms with E-state index in [-0.39, 0.29) is 47.8 Å². The van der Waals surface area contributed by atoms with Crippen molar-refractivity contribution >= 4 is 39.7 Å². The number of hydrogen-bond donors (Lipinski definition) is 5. The van der Waals surface area contributed by atoms with Gasteiger partial charge in [-0.15, -0.1) is 0 Å². The van der Waals surface area contributed by atoms with E-state index < -0.39 is 11.9 Å². The molecule has 2 aliphatic heterocycles. The molecular weight excluding hydrogens is 664 g/mol. The van der Waals surface area contributed by atoms with Crippen LogP contribution in [0.2, 0.25) is 0 Å². The van der Waals surface area contributed by atoms with Crippen LogP contribution in [0, 0.1) is 23.7 Å². The SMILES string of the molecule is CC(C)(C)NC(=O)[C@@H]1C[C@@H]2CCCC[C@@H]2CN1.CC(C)(C)NC(=O)[C@@H]1C[C@@H]2CCCC[C@@H]2CN1CCCC(=O)O.O=C(O)CCCBr. The van der Waals surface area contributed by atoms with E-state index in [1.54, 1.807) is 0 Å². The van der Waals surface area contributed by atoms with E-state index in [9.17, 15) is 19.2 Å². The smallest absolute Gasteiger partial charge is 0.303 e. The lowest BCUT2D eigenvalue weighted by Gasteiger charge is -2.46. The number of hydrogen-bond acceptors (Lipinski definition) is 6. The van der Waals surface area contributed by atoms with Crippen molar-refractivity contribution in [2.24, 2.45) is 23.7 Å². The van der Waals surface area contributed by atoms with Crippen molar-refractivity contribution in [1.82, 2.24) is 20.9 Å². The van der Waals surface area contributed by atoms with Gasteiger partial charge in [-0.25, -0.2) is 0 Å². The number of rotatable bonds is 9. The Bertz CT molecular complexity index is 997. The predicted octanol–water partition coefficient (Wildman–Crippen LogP) is 5.96. The standard InChI is InChI=1S/C18H32N2O3.C14H26N2O.C4H7BrO2/c1-18(2,3)19-17(23)15-11-13-7-4-5-8-14(13)12-20(15)10-6-9-16(21)22;1-14(2,3)16-13(17)12-8-10-6-4-5-7-11(10)9-15-12;5-3-1-2-4(6)7/h13-15H,4-12H2,1-3H3,(H,19,23)(H,21,22);10-12,15H,4-9H2,1-3H3,(H,16,17);1-3H2,(H,6,7)/t13-,14+,15-;10-,11+,12-;/m00./s1. The molecule has 0 unspecified atom stereocenters. The minimum atomic E-state index is -0.756. The van der Waals surface area contributed by atoms with E-state index in [0.717, 1.165) is 49.5 Å². The summed E-state index contributed by atoms with van der Waals surface area (Å²) in [5.41, 5.74) is -0.352. The van der Waals surface area contributed by atoms with Gasteiger partial charge in [0, 0.05) is 35.8 Å². The van der Waals surface area contributed by atoms with Crippen LogP contribution in [0.15, 0.2) is 0 Å². The second-order valence-electron chi connectivity index (χ2n) is 16.2. The molecule has 2 aliphatic carbocycles. The molecule has 272 valence electrons. The highest BCUT2D eigenvalue weighted by Crippen LogP contribution is 2.39. The average molecular weight is 730 g/mol. The van der Waals surface area contributed by atoms with Gasteiger partial charge in [0.05, 0.1) is 12.1 Å². The van der Waals surface area contributed by atoms with Gasteiger partial charge >= 0.3 is 11.9 Å². The molecule has 4 rings (SSSR count). The Morgan fingerprint density at radius 3 is 1.72 bits per heavy atom. The van der Waals surface area contributed by atoms with E-state index in [4.69, 9.17) is 10.2 Å². The van der Waals surface area contributed by atoms with Gasteiger partial charge in [0.25, 0.3) is 0 Å². The summed E-state index contributed by atoms with van der Waals surface area (Å²) in [6.07, 6.45) is 14.2. The summed E-state index contributed by atoms with van der Waals surface area (Å²) in [6, 6.07) is -0.0593. The first-order valence-electron chi connectivity index (χ1n) is 18.1. The highest BCUT2D eigenvalue weighted by atomic mass is 79.9. The van der Waals surface area contributed by atoms with Gasteiger partial charge in [0.1, 0.15) is 0 Å². The third kappa shape index (κ3) is 16.5. The summed E-state index contributed by atoms with van der Waals surface area (Å²) in [7, 11) is 0. The third-order valence-electron chi connectivity index (χ3n) is 9.71. The molecule has 47 heavy (non-hydrogen) atoms. The quantitative estimate of drug-likeness (QED) is 0.183. The first-order valence-corrected chi connectivity index (χ1v) is 19.2. The molecule has 2 heterocycles. The monoisotopic (exact) mass is 728 g/mol. The first-order chi connectivity index (χ1) is 22.0. The summed E-state index contributed by atoms with van der Waals surface area (Å²) < 4.78 is 0. The zero-order valence-corrected chi connectivity index (χ0v) is 31.6. The van der Waals surface area contributed by atoms with Gasteiger partial charge in [0.15, 0.2) is 0 Å². The van der Waals surface area contributed by atoms with Crippen LogP contribution in [0.5, 0.6) is 0 Å². The van der Waals surface area contributed by atoms with Crippen molar-refractivity contribution in [1.29, 1.82) is 0 Å². The van der Waals surface area contributed by atoms with E-state index in [1.807, 2.05) is 41.5 Å². The highest BCUT2D eigenvalue weighted by Gasteiger charge is 2.40. The number of carboxylic acids is 2. The maximum Gasteiger partial charge on any atom is 0.303 e. The van der Waals surface area contributed by atoms with Crippen molar-refractivity contribution in [3.8, 4) is 0 Å². The number of fused-ring (bicyclic) bond motifs is 2. The number of carboxylic acid groups (broad SMARTS) is 2. The van der Waals surface area contributed by atoms with E-state index >= 15 is 0 Å². The molecule has 11 heteroatoms. The number of piperidine rings is 2.